The zero-order chi connectivity index (χ0) is 23.5. The Morgan fingerprint density at radius 2 is 1.41 bits per heavy atom. The van der Waals surface area contributed by atoms with Crippen molar-refractivity contribution in [2.24, 2.45) is 63.1 Å². The molecule has 4 saturated carbocycles. The summed E-state index contributed by atoms with van der Waals surface area (Å²) in [4.78, 5) is 0. The summed E-state index contributed by atoms with van der Waals surface area (Å²) in [6.45, 7) is 23.5. The lowest BCUT2D eigenvalue weighted by Crippen LogP contribution is -2.59. The molecule has 0 radical (unpaired) electrons. The molecule has 4 fully saturated rings. The fourth-order valence-corrected chi connectivity index (χ4v) is 11.2. The molecule has 8 unspecified atom stereocenters. The van der Waals surface area contributed by atoms with Crippen LogP contribution in [0.2, 0.25) is 0 Å². The molecule has 0 amide bonds. The monoisotopic (exact) mass is 442 g/mol. The Balaban J connectivity index is 1.53. The van der Waals surface area contributed by atoms with Gasteiger partial charge in [0.1, 0.15) is 0 Å². The van der Waals surface area contributed by atoms with Crippen LogP contribution in [0.4, 0.5) is 0 Å². The Morgan fingerprint density at radius 3 is 2.06 bits per heavy atom. The highest BCUT2D eigenvalue weighted by Crippen LogP contribution is 2.74. The first kappa shape index (κ1) is 25.1. The van der Waals surface area contributed by atoms with Crippen LogP contribution >= 0.6 is 0 Å². The molecule has 9 atom stereocenters. The molecule has 0 aliphatic heterocycles. The maximum Gasteiger partial charge on any atom is -0.0238 e. The Bertz CT molecular complexity index is 659. The first-order valence-electron chi connectivity index (χ1n) is 14.9. The van der Waals surface area contributed by atoms with E-state index < -0.39 is 0 Å². The molecule has 0 aromatic rings. The first-order valence-corrected chi connectivity index (χ1v) is 14.9. The van der Waals surface area contributed by atoms with Crippen LogP contribution in [-0.2, 0) is 0 Å². The Labute approximate surface area is 202 Å². The molecule has 0 saturated heterocycles. The zero-order valence-electron chi connectivity index (χ0n) is 23.5. The van der Waals surface area contributed by atoms with E-state index in [0.29, 0.717) is 21.7 Å². The predicted octanol–water partition coefficient (Wildman–Crippen LogP) is 10.2. The van der Waals surface area contributed by atoms with Crippen LogP contribution in [0.15, 0.2) is 0 Å². The van der Waals surface area contributed by atoms with E-state index in [-0.39, 0.29) is 0 Å². The number of fused-ring (bicyclic) bond motifs is 5. The van der Waals surface area contributed by atoms with Crippen LogP contribution in [0.1, 0.15) is 139 Å². The predicted molar refractivity (Wildman–Crippen MR) is 141 cm³/mol. The summed E-state index contributed by atoms with van der Waals surface area (Å²) in [5, 5.41) is 0. The summed E-state index contributed by atoms with van der Waals surface area (Å²) in [5.74, 6) is 6.61. The van der Waals surface area contributed by atoms with Crippen LogP contribution in [0.3, 0.4) is 0 Å². The van der Waals surface area contributed by atoms with Gasteiger partial charge in [0.05, 0.1) is 0 Å². The first-order chi connectivity index (χ1) is 14.9. The van der Waals surface area contributed by atoms with Crippen molar-refractivity contribution in [1.29, 1.82) is 0 Å². The molecule has 0 spiro atoms. The van der Waals surface area contributed by atoms with Crippen LogP contribution in [-0.4, -0.2) is 0 Å². The Hall–Kier alpha value is 0. The van der Waals surface area contributed by atoms with E-state index in [0.717, 1.165) is 41.4 Å². The van der Waals surface area contributed by atoms with Crippen LogP contribution < -0.4 is 0 Å². The molecular weight excluding hydrogens is 384 g/mol. The molecule has 32 heavy (non-hydrogen) atoms. The van der Waals surface area contributed by atoms with Gasteiger partial charge in [-0.25, -0.2) is 0 Å². The number of hydrogen-bond donors (Lipinski definition) is 0. The van der Waals surface area contributed by atoms with Gasteiger partial charge in [0.2, 0.25) is 0 Å². The second kappa shape index (κ2) is 8.59. The van der Waals surface area contributed by atoms with Crippen molar-refractivity contribution < 1.29 is 0 Å². The van der Waals surface area contributed by atoms with Crippen molar-refractivity contribution in [3.8, 4) is 0 Å². The Kier molecular flexibility index (Phi) is 6.74. The smallest absolute Gasteiger partial charge is 0.0238 e. The average Bonchev–Trinajstić information content (AvgIpc) is 2.99. The van der Waals surface area contributed by atoms with Gasteiger partial charge >= 0.3 is 0 Å². The highest BCUT2D eigenvalue weighted by atomic mass is 14.7. The lowest BCUT2D eigenvalue weighted by molar-refractivity contribution is -0.179. The lowest BCUT2D eigenvalue weighted by atomic mass is 9.38. The molecule has 0 aromatic carbocycles. The lowest BCUT2D eigenvalue weighted by Gasteiger charge is -2.67. The van der Waals surface area contributed by atoms with Gasteiger partial charge in [-0.3, -0.25) is 0 Å². The highest BCUT2D eigenvalue weighted by Gasteiger charge is 2.66. The third kappa shape index (κ3) is 3.66. The van der Waals surface area contributed by atoms with Crippen LogP contribution in [0.25, 0.3) is 0 Å². The van der Waals surface area contributed by atoms with Gasteiger partial charge in [0.25, 0.3) is 0 Å². The topological polar surface area (TPSA) is 0 Å². The normalized spacial score (nSPS) is 47.4. The van der Waals surface area contributed by atoms with Gasteiger partial charge in [0, 0.05) is 0 Å². The van der Waals surface area contributed by atoms with Crippen LogP contribution in [0, 0.1) is 63.1 Å². The third-order valence-corrected chi connectivity index (χ3v) is 13.4. The largest absolute Gasteiger partial charge is 0.0651 e. The summed E-state index contributed by atoms with van der Waals surface area (Å²) in [7, 11) is 0. The molecule has 186 valence electrons. The third-order valence-electron chi connectivity index (χ3n) is 13.4. The summed E-state index contributed by atoms with van der Waals surface area (Å²) < 4.78 is 0. The van der Waals surface area contributed by atoms with Gasteiger partial charge in [-0.2, -0.15) is 0 Å². The van der Waals surface area contributed by atoms with Crippen molar-refractivity contribution in [2.45, 2.75) is 139 Å². The van der Waals surface area contributed by atoms with Crippen LogP contribution in [0.5, 0.6) is 0 Å². The van der Waals surface area contributed by atoms with Gasteiger partial charge in [0.15, 0.2) is 0 Å². The van der Waals surface area contributed by atoms with Crippen molar-refractivity contribution in [1.82, 2.24) is 0 Å². The van der Waals surface area contributed by atoms with E-state index in [9.17, 15) is 0 Å². The second-order valence-electron chi connectivity index (χ2n) is 15.2. The average molecular weight is 443 g/mol. The minimum absolute atomic E-state index is 0.568. The summed E-state index contributed by atoms with van der Waals surface area (Å²) in [5.41, 5.74) is 2.36. The molecule has 0 nitrogen and oxygen atoms in total. The summed E-state index contributed by atoms with van der Waals surface area (Å²) in [6, 6.07) is 0. The number of hydrogen-bond acceptors (Lipinski definition) is 0. The molecule has 0 heteroatoms. The highest BCUT2D eigenvalue weighted by molar-refractivity contribution is 5.15. The fourth-order valence-electron chi connectivity index (χ4n) is 11.2. The van der Waals surface area contributed by atoms with Crippen molar-refractivity contribution in [2.75, 3.05) is 0 Å². The molecule has 0 heterocycles. The van der Waals surface area contributed by atoms with Crippen molar-refractivity contribution >= 4 is 0 Å². The fraction of sp³-hybridized carbons (Fsp3) is 1.00. The Morgan fingerprint density at radius 1 is 0.719 bits per heavy atom. The molecule has 0 aromatic heterocycles. The maximum atomic E-state index is 2.79. The molecule has 4 aliphatic rings. The molecular formula is C32H58. The molecule has 0 N–H and O–H groups in total. The van der Waals surface area contributed by atoms with E-state index in [1.165, 1.54) is 77.0 Å². The minimum atomic E-state index is 0.568. The van der Waals surface area contributed by atoms with Crippen molar-refractivity contribution in [3.05, 3.63) is 0 Å². The van der Waals surface area contributed by atoms with E-state index in [1.54, 1.807) is 0 Å². The molecule has 4 aliphatic carbocycles. The van der Waals surface area contributed by atoms with Crippen molar-refractivity contribution in [3.63, 3.8) is 0 Å². The van der Waals surface area contributed by atoms with Gasteiger partial charge in [-0.1, -0.05) is 81.6 Å². The van der Waals surface area contributed by atoms with E-state index in [4.69, 9.17) is 0 Å². The summed E-state index contributed by atoms with van der Waals surface area (Å²) in [6.07, 6.45) is 17.9. The standard InChI is InChI=1S/C32H58/c1-10-24(22(2)3)13-12-23(4)25-16-20-32(9)27-14-15-28-29(5,6)18-11-19-30(28,7)26(27)17-21-31(25,32)8/h22-28H,10-21H2,1-9H3/t23?,24?,25?,26?,27?,28?,30?,31?,32-/m0/s1. The van der Waals surface area contributed by atoms with E-state index >= 15 is 0 Å². The van der Waals surface area contributed by atoms with E-state index in [2.05, 4.69) is 62.3 Å². The van der Waals surface area contributed by atoms with Gasteiger partial charge in [-0.05, 0) is 121 Å². The van der Waals surface area contributed by atoms with Gasteiger partial charge in [-0.15, -0.1) is 0 Å². The maximum absolute atomic E-state index is 2.79. The molecule has 4 rings (SSSR count). The summed E-state index contributed by atoms with van der Waals surface area (Å²) >= 11 is 0. The van der Waals surface area contributed by atoms with Gasteiger partial charge < -0.3 is 0 Å². The number of rotatable bonds is 6. The SMILES string of the molecule is CCC(CCC(C)C1CC[C@@]2(C)C3CCC4C(C)(C)CCCC4(C)C3CCC12C)C(C)C. The minimum Gasteiger partial charge on any atom is -0.0651 e. The van der Waals surface area contributed by atoms with E-state index in [1.807, 2.05) is 0 Å². The zero-order valence-corrected chi connectivity index (χ0v) is 23.5. The quantitative estimate of drug-likeness (QED) is 0.384. The molecule has 0 bridgehead atoms. The second-order valence-corrected chi connectivity index (χ2v) is 15.2.